The Morgan fingerprint density at radius 2 is 1.68 bits per heavy atom. The SMILES string of the molecule is COCCNS(=O)(=O)c1cccc(C(=O)Nc2cccc(NC(=O)OCC(C)C)c2)c1. The van der Waals surface area contributed by atoms with Gasteiger partial charge in [-0.2, -0.15) is 0 Å². The molecular formula is C21H27N3O6S. The molecule has 0 atom stereocenters. The molecule has 0 radical (unpaired) electrons. The summed E-state index contributed by atoms with van der Waals surface area (Å²) >= 11 is 0. The van der Waals surface area contributed by atoms with E-state index in [1.165, 1.54) is 31.4 Å². The lowest BCUT2D eigenvalue weighted by Crippen LogP contribution is -2.27. The fraction of sp³-hybridized carbons (Fsp3) is 0.333. The van der Waals surface area contributed by atoms with Gasteiger partial charge in [0.1, 0.15) is 0 Å². The van der Waals surface area contributed by atoms with Crippen LogP contribution in [0.2, 0.25) is 0 Å². The Hall–Kier alpha value is -2.95. The van der Waals surface area contributed by atoms with Crippen LogP contribution in [0.3, 0.4) is 0 Å². The average Bonchev–Trinajstić information content (AvgIpc) is 2.73. The first kappa shape index (κ1) is 24.3. The summed E-state index contributed by atoms with van der Waals surface area (Å²) < 4.78 is 37.0. The van der Waals surface area contributed by atoms with E-state index in [0.717, 1.165) is 0 Å². The second-order valence-corrected chi connectivity index (χ2v) is 8.84. The number of nitrogens with one attached hydrogen (secondary N) is 3. The van der Waals surface area contributed by atoms with E-state index in [2.05, 4.69) is 15.4 Å². The van der Waals surface area contributed by atoms with Crippen molar-refractivity contribution >= 4 is 33.4 Å². The molecule has 0 aliphatic heterocycles. The maximum Gasteiger partial charge on any atom is 0.411 e. The van der Waals surface area contributed by atoms with Gasteiger partial charge in [-0.3, -0.25) is 10.1 Å². The van der Waals surface area contributed by atoms with Crippen LogP contribution >= 0.6 is 0 Å². The fourth-order valence-corrected chi connectivity index (χ4v) is 3.50. The Morgan fingerprint density at radius 3 is 2.35 bits per heavy atom. The Labute approximate surface area is 182 Å². The van der Waals surface area contributed by atoms with Crippen LogP contribution in [0.4, 0.5) is 16.2 Å². The predicted molar refractivity (Wildman–Crippen MR) is 118 cm³/mol. The van der Waals surface area contributed by atoms with Crippen LogP contribution < -0.4 is 15.4 Å². The van der Waals surface area contributed by atoms with Crippen molar-refractivity contribution in [3.63, 3.8) is 0 Å². The van der Waals surface area contributed by atoms with Crippen molar-refractivity contribution in [3.05, 3.63) is 54.1 Å². The summed E-state index contributed by atoms with van der Waals surface area (Å²) in [6, 6.07) is 12.2. The number of hydrogen-bond donors (Lipinski definition) is 3. The molecule has 0 aromatic heterocycles. The lowest BCUT2D eigenvalue weighted by Gasteiger charge is -2.11. The molecule has 0 aliphatic carbocycles. The third-order valence-electron chi connectivity index (χ3n) is 3.92. The maximum atomic E-state index is 12.6. The van der Waals surface area contributed by atoms with Gasteiger partial charge in [-0.1, -0.05) is 26.0 Å². The molecule has 2 aromatic carbocycles. The van der Waals surface area contributed by atoms with Gasteiger partial charge in [-0.15, -0.1) is 0 Å². The van der Waals surface area contributed by atoms with Crippen molar-refractivity contribution < 1.29 is 27.5 Å². The molecule has 2 amide bonds. The molecule has 0 aliphatic rings. The molecule has 0 unspecified atom stereocenters. The first-order valence-corrected chi connectivity index (χ1v) is 11.1. The van der Waals surface area contributed by atoms with Crippen molar-refractivity contribution in [1.82, 2.24) is 4.72 Å². The molecule has 168 valence electrons. The highest BCUT2D eigenvalue weighted by molar-refractivity contribution is 7.89. The third-order valence-corrected chi connectivity index (χ3v) is 5.38. The number of anilines is 2. The van der Waals surface area contributed by atoms with Crippen molar-refractivity contribution in [2.75, 3.05) is 37.5 Å². The van der Waals surface area contributed by atoms with E-state index >= 15 is 0 Å². The largest absolute Gasteiger partial charge is 0.449 e. The lowest BCUT2D eigenvalue weighted by molar-refractivity contribution is 0.102. The van der Waals surface area contributed by atoms with Crippen LogP contribution in [-0.4, -0.2) is 47.3 Å². The van der Waals surface area contributed by atoms with E-state index in [9.17, 15) is 18.0 Å². The zero-order valence-electron chi connectivity index (χ0n) is 17.7. The maximum absolute atomic E-state index is 12.6. The van der Waals surface area contributed by atoms with E-state index in [1.807, 2.05) is 13.8 Å². The first-order valence-electron chi connectivity index (χ1n) is 9.65. The normalized spacial score (nSPS) is 11.2. The van der Waals surface area contributed by atoms with Crippen LogP contribution in [-0.2, 0) is 19.5 Å². The highest BCUT2D eigenvalue weighted by atomic mass is 32.2. The summed E-state index contributed by atoms with van der Waals surface area (Å²) in [6.45, 7) is 4.50. The van der Waals surface area contributed by atoms with Gasteiger partial charge in [0, 0.05) is 30.6 Å². The van der Waals surface area contributed by atoms with Crippen LogP contribution in [0.15, 0.2) is 53.4 Å². The first-order chi connectivity index (χ1) is 14.7. The van der Waals surface area contributed by atoms with E-state index < -0.39 is 22.0 Å². The Bertz CT molecular complexity index is 1010. The highest BCUT2D eigenvalue weighted by Crippen LogP contribution is 2.18. The Balaban J connectivity index is 2.06. The van der Waals surface area contributed by atoms with E-state index in [4.69, 9.17) is 9.47 Å². The predicted octanol–water partition coefficient (Wildman–Crippen LogP) is 3.07. The molecule has 2 aromatic rings. The number of carbonyl (C=O) groups is 2. The second-order valence-electron chi connectivity index (χ2n) is 7.07. The number of ether oxygens (including phenoxy) is 2. The van der Waals surface area contributed by atoms with Gasteiger partial charge in [0.25, 0.3) is 5.91 Å². The smallest absolute Gasteiger partial charge is 0.411 e. The minimum Gasteiger partial charge on any atom is -0.449 e. The average molecular weight is 450 g/mol. The number of methoxy groups -OCH3 is 1. The van der Waals surface area contributed by atoms with Gasteiger partial charge in [-0.25, -0.2) is 17.9 Å². The third kappa shape index (κ3) is 8.00. The summed E-state index contributed by atoms with van der Waals surface area (Å²) in [4.78, 5) is 24.4. The fourth-order valence-electron chi connectivity index (χ4n) is 2.44. The molecule has 0 saturated carbocycles. The number of benzene rings is 2. The van der Waals surface area contributed by atoms with Gasteiger partial charge in [0.05, 0.1) is 18.1 Å². The lowest BCUT2D eigenvalue weighted by atomic mass is 10.2. The van der Waals surface area contributed by atoms with E-state index in [0.29, 0.717) is 18.0 Å². The molecule has 0 fully saturated rings. The van der Waals surface area contributed by atoms with Crippen LogP contribution in [0.25, 0.3) is 0 Å². The molecular weight excluding hydrogens is 422 g/mol. The Morgan fingerprint density at radius 1 is 1.00 bits per heavy atom. The van der Waals surface area contributed by atoms with Crippen LogP contribution in [0, 0.1) is 5.92 Å². The second kappa shape index (κ2) is 11.4. The molecule has 31 heavy (non-hydrogen) atoms. The summed E-state index contributed by atoms with van der Waals surface area (Å²) in [5.41, 5.74) is 1.05. The van der Waals surface area contributed by atoms with Crippen molar-refractivity contribution in [1.29, 1.82) is 0 Å². The number of hydrogen-bond acceptors (Lipinski definition) is 6. The van der Waals surface area contributed by atoms with Gasteiger partial charge < -0.3 is 14.8 Å². The molecule has 0 bridgehead atoms. The van der Waals surface area contributed by atoms with Gasteiger partial charge >= 0.3 is 6.09 Å². The minimum atomic E-state index is -3.76. The standard InChI is InChI=1S/C21H27N3O6S/c1-15(2)14-30-21(26)24-18-8-5-7-17(13-18)23-20(25)16-6-4-9-19(12-16)31(27,28)22-10-11-29-3/h4-9,12-13,15,22H,10-11,14H2,1-3H3,(H,23,25)(H,24,26). The quantitative estimate of drug-likeness (QED) is 0.479. The topological polar surface area (TPSA) is 123 Å². The summed E-state index contributed by atoms with van der Waals surface area (Å²) in [5, 5.41) is 5.28. The van der Waals surface area contributed by atoms with Crippen molar-refractivity contribution in [3.8, 4) is 0 Å². The number of carbonyl (C=O) groups excluding carboxylic acids is 2. The zero-order valence-corrected chi connectivity index (χ0v) is 18.5. The van der Waals surface area contributed by atoms with Gasteiger partial charge in [0.15, 0.2) is 0 Å². The summed E-state index contributed by atoms with van der Waals surface area (Å²) in [5.74, 6) is -0.278. The molecule has 0 saturated heterocycles. The molecule has 0 heterocycles. The highest BCUT2D eigenvalue weighted by Gasteiger charge is 2.16. The zero-order chi connectivity index (χ0) is 22.9. The summed E-state index contributed by atoms with van der Waals surface area (Å²) in [6.07, 6.45) is -0.587. The molecule has 2 rings (SSSR count). The van der Waals surface area contributed by atoms with Crippen LogP contribution in [0.1, 0.15) is 24.2 Å². The molecule has 3 N–H and O–H groups in total. The van der Waals surface area contributed by atoms with Gasteiger partial charge in [0.2, 0.25) is 10.0 Å². The van der Waals surface area contributed by atoms with E-state index in [1.54, 1.807) is 24.3 Å². The van der Waals surface area contributed by atoms with E-state index in [-0.39, 0.29) is 29.5 Å². The molecule has 10 heteroatoms. The van der Waals surface area contributed by atoms with Crippen molar-refractivity contribution in [2.45, 2.75) is 18.7 Å². The number of rotatable bonds is 10. The van der Waals surface area contributed by atoms with Crippen LogP contribution in [0.5, 0.6) is 0 Å². The summed E-state index contributed by atoms with van der Waals surface area (Å²) in [7, 11) is -2.29. The number of sulfonamides is 1. The van der Waals surface area contributed by atoms with Gasteiger partial charge in [-0.05, 0) is 42.3 Å². The monoisotopic (exact) mass is 449 g/mol. The minimum absolute atomic E-state index is 0.0282. The molecule has 9 nitrogen and oxygen atoms in total. The Kier molecular flexibility index (Phi) is 8.98. The molecule has 0 spiro atoms. The number of amides is 2. The van der Waals surface area contributed by atoms with Crippen molar-refractivity contribution in [2.24, 2.45) is 5.92 Å².